The third kappa shape index (κ3) is 4.25. The van der Waals surface area contributed by atoms with Gasteiger partial charge in [-0.3, -0.25) is 0 Å². The molecule has 2 heterocycles. The average Bonchev–Trinajstić information content (AvgIpc) is 3.03. The van der Waals surface area contributed by atoms with Crippen LogP contribution in [0.3, 0.4) is 0 Å². The molecule has 0 unspecified atom stereocenters. The largest absolute Gasteiger partial charge is 0.454 e. The summed E-state index contributed by atoms with van der Waals surface area (Å²) in [5, 5.41) is 4.08. The van der Waals surface area contributed by atoms with Crippen molar-refractivity contribution in [3.8, 4) is 11.5 Å². The second kappa shape index (κ2) is 7.81. The molecule has 0 atom stereocenters. The number of nitrogens with zero attached hydrogens (tertiary/aromatic N) is 1. The smallest absolute Gasteiger partial charge is 0.231 e. The molecule has 0 saturated carbocycles. The minimum absolute atomic E-state index is 0.331. The molecule has 2 N–H and O–H groups in total. The predicted octanol–water partition coefficient (Wildman–Crippen LogP) is -0.363. The van der Waals surface area contributed by atoms with E-state index in [-0.39, 0.29) is 0 Å². The number of nitrogens with one attached hydrogen (secondary N) is 2. The Bertz CT molecular complexity index is 547. The molecule has 126 valence electrons. The van der Waals surface area contributed by atoms with Crippen molar-refractivity contribution in [3.05, 3.63) is 23.8 Å². The fourth-order valence-corrected chi connectivity index (χ4v) is 3.20. The average molecular weight is 338 g/mol. The number of ether oxygens (including phenoxy) is 3. The first kappa shape index (κ1) is 16.3. The van der Waals surface area contributed by atoms with Gasteiger partial charge >= 0.3 is 0 Å². The van der Waals surface area contributed by atoms with Gasteiger partial charge in [-0.25, -0.2) is 0 Å². The molecule has 0 amide bonds. The highest BCUT2D eigenvalue weighted by Gasteiger charge is 2.22. The fourth-order valence-electron chi connectivity index (χ4n) is 2.91. The molecular weight excluding hydrogens is 314 g/mol. The Hall–Kier alpha value is -1.57. The molecule has 0 aliphatic carbocycles. The van der Waals surface area contributed by atoms with Crippen LogP contribution in [0.15, 0.2) is 18.2 Å². The Kier molecular flexibility index (Phi) is 5.53. The zero-order chi connectivity index (χ0) is 16.1. The molecule has 0 radical (unpaired) electrons. The Morgan fingerprint density at radius 3 is 2.87 bits per heavy atom. The van der Waals surface area contributed by atoms with Crippen molar-refractivity contribution < 1.29 is 19.1 Å². The molecule has 0 aromatic heterocycles. The molecule has 3 rings (SSSR count). The van der Waals surface area contributed by atoms with Gasteiger partial charge in [0.1, 0.15) is 6.54 Å². The highest BCUT2D eigenvalue weighted by molar-refractivity contribution is 7.80. The van der Waals surface area contributed by atoms with Crippen LogP contribution in [0.2, 0.25) is 0 Å². The molecule has 23 heavy (non-hydrogen) atoms. The van der Waals surface area contributed by atoms with E-state index in [9.17, 15) is 0 Å². The highest BCUT2D eigenvalue weighted by Crippen LogP contribution is 2.32. The molecule has 0 spiro atoms. The first-order valence-electron chi connectivity index (χ1n) is 8.00. The standard InChI is InChI=1S/C16H23N3O3S/c1-20-9-4-17-16(23)19-7-5-18(6-8-19)11-13-2-3-14-15(10-13)22-12-21-14/h2-3,10H,4-9,11-12H2,1H3,(H,17,23)/p+1. The van der Waals surface area contributed by atoms with Gasteiger partial charge in [0.25, 0.3) is 0 Å². The van der Waals surface area contributed by atoms with Crippen LogP contribution in [0.1, 0.15) is 5.56 Å². The number of rotatable bonds is 5. The van der Waals surface area contributed by atoms with Gasteiger partial charge in [-0.15, -0.1) is 0 Å². The summed E-state index contributed by atoms with van der Waals surface area (Å²) in [6, 6.07) is 6.23. The number of piperazine rings is 1. The van der Waals surface area contributed by atoms with Gasteiger partial charge in [-0.2, -0.15) is 0 Å². The van der Waals surface area contributed by atoms with E-state index >= 15 is 0 Å². The van der Waals surface area contributed by atoms with E-state index in [0.717, 1.165) is 55.9 Å². The summed E-state index contributed by atoms with van der Waals surface area (Å²) < 4.78 is 15.8. The lowest BCUT2D eigenvalue weighted by molar-refractivity contribution is -0.917. The summed E-state index contributed by atoms with van der Waals surface area (Å²) >= 11 is 5.43. The maximum Gasteiger partial charge on any atom is 0.231 e. The molecule has 1 aromatic rings. The summed E-state index contributed by atoms with van der Waals surface area (Å²) in [6.45, 7) is 6.92. The zero-order valence-corrected chi connectivity index (χ0v) is 14.3. The van der Waals surface area contributed by atoms with Gasteiger partial charge in [-0.05, 0) is 30.4 Å². The summed E-state index contributed by atoms with van der Waals surface area (Å²) in [5.74, 6) is 1.71. The summed E-state index contributed by atoms with van der Waals surface area (Å²) in [5.41, 5.74) is 1.29. The summed E-state index contributed by atoms with van der Waals surface area (Å²) in [6.07, 6.45) is 0. The van der Waals surface area contributed by atoms with Crippen molar-refractivity contribution in [2.75, 3.05) is 53.2 Å². The van der Waals surface area contributed by atoms with E-state index in [2.05, 4.69) is 22.3 Å². The lowest BCUT2D eigenvalue weighted by atomic mass is 10.1. The Morgan fingerprint density at radius 2 is 2.09 bits per heavy atom. The molecule has 2 aliphatic heterocycles. The quantitative estimate of drug-likeness (QED) is 0.565. The van der Waals surface area contributed by atoms with Crippen molar-refractivity contribution in [2.45, 2.75) is 6.54 Å². The van der Waals surface area contributed by atoms with Crippen molar-refractivity contribution in [3.63, 3.8) is 0 Å². The number of hydrogen-bond donors (Lipinski definition) is 2. The maximum absolute atomic E-state index is 5.45. The first-order valence-corrected chi connectivity index (χ1v) is 8.41. The number of hydrogen-bond acceptors (Lipinski definition) is 4. The van der Waals surface area contributed by atoms with Crippen LogP contribution >= 0.6 is 12.2 Å². The van der Waals surface area contributed by atoms with Crippen LogP contribution in [0.25, 0.3) is 0 Å². The molecule has 1 saturated heterocycles. The molecule has 0 bridgehead atoms. The molecule has 2 aliphatic rings. The van der Waals surface area contributed by atoms with Gasteiger partial charge < -0.3 is 29.3 Å². The second-order valence-electron chi connectivity index (χ2n) is 5.83. The van der Waals surface area contributed by atoms with Gasteiger partial charge in [0.15, 0.2) is 16.6 Å². The lowest BCUT2D eigenvalue weighted by Crippen LogP contribution is -3.13. The number of thiocarbonyl (C=S) groups is 1. The molecule has 1 aromatic carbocycles. The SMILES string of the molecule is COCCNC(=S)N1CC[NH+](Cc2ccc3c(c2)OCO3)CC1. The van der Waals surface area contributed by atoms with Gasteiger partial charge in [0.2, 0.25) is 6.79 Å². The predicted molar refractivity (Wildman–Crippen MR) is 91.0 cm³/mol. The van der Waals surface area contributed by atoms with E-state index in [1.54, 1.807) is 12.0 Å². The summed E-state index contributed by atoms with van der Waals surface area (Å²) in [4.78, 5) is 3.81. The minimum Gasteiger partial charge on any atom is -0.454 e. The zero-order valence-electron chi connectivity index (χ0n) is 13.5. The van der Waals surface area contributed by atoms with E-state index < -0.39 is 0 Å². The third-order valence-electron chi connectivity index (χ3n) is 4.23. The van der Waals surface area contributed by atoms with Crippen LogP contribution in [-0.4, -0.2) is 63.2 Å². The maximum atomic E-state index is 5.45. The topological polar surface area (TPSA) is 47.4 Å². The Morgan fingerprint density at radius 1 is 1.30 bits per heavy atom. The highest BCUT2D eigenvalue weighted by atomic mass is 32.1. The van der Waals surface area contributed by atoms with E-state index in [1.165, 1.54) is 5.56 Å². The van der Waals surface area contributed by atoms with Crippen molar-refractivity contribution in [1.29, 1.82) is 0 Å². The van der Waals surface area contributed by atoms with E-state index in [0.29, 0.717) is 13.4 Å². The first-order chi connectivity index (χ1) is 11.3. The normalized spacial score (nSPS) is 17.3. The van der Waals surface area contributed by atoms with Gasteiger partial charge in [-0.1, -0.05) is 0 Å². The van der Waals surface area contributed by atoms with Crippen molar-refractivity contribution >= 4 is 17.3 Å². The van der Waals surface area contributed by atoms with Crippen LogP contribution in [-0.2, 0) is 11.3 Å². The van der Waals surface area contributed by atoms with Gasteiger partial charge in [0.05, 0.1) is 32.8 Å². The van der Waals surface area contributed by atoms with Crippen LogP contribution < -0.4 is 19.7 Å². The Labute approximate surface area is 142 Å². The second-order valence-corrected chi connectivity index (χ2v) is 6.21. The van der Waals surface area contributed by atoms with Crippen LogP contribution in [0, 0.1) is 0 Å². The van der Waals surface area contributed by atoms with Crippen molar-refractivity contribution in [2.24, 2.45) is 0 Å². The number of methoxy groups -OCH3 is 1. The third-order valence-corrected chi connectivity index (χ3v) is 4.63. The van der Waals surface area contributed by atoms with Crippen LogP contribution in [0.5, 0.6) is 11.5 Å². The molecule has 1 fully saturated rings. The lowest BCUT2D eigenvalue weighted by Gasteiger charge is -2.33. The fraction of sp³-hybridized carbons (Fsp3) is 0.562. The molecule has 6 nitrogen and oxygen atoms in total. The Balaban J connectivity index is 1.45. The molecular formula is C16H24N3O3S+. The summed E-state index contributed by atoms with van der Waals surface area (Å²) in [7, 11) is 1.70. The van der Waals surface area contributed by atoms with E-state index in [1.807, 2.05) is 6.07 Å². The number of benzene rings is 1. The minimum atomic E-state index is 0.331. The number of quaternary nitrogens is 1. The van der Waals surface area contributed by atoms with Crippen molar-refractivity contribution in [1.82, 2.24) is 10.2 Å². The number of fused-ring (bicyclic) bond motifs is 1. The molecule has 7 heteroatoms. The van der Waals surface area contributed by atoms with Crippen LogP contribution in [0.4, 0.5) is 0 Å². The monoisotopic (exact) mass is 338 g/mol. The van der Waals surface area contributed by atoms with Gasteiger partial charge in [0, 0.05) is 19.2 Å². The van der Waals surface area contributed by atoms with E-state index in [4.69, 9.17) is 26.4 Å².